The summed E-state index contributed by atoms with van der Waals surface area (Å²) in [5, 5.41) is 28.7. The third-order valence-electron chi connectivity index (χ3n) is 3.92. The fourth-order valence-corrected chi connectivity index (χ4v) is 3.47. The van der Waals surface area contributed by atoms with E-state index >= 15 is 0 Å². The zero-order chi connectivity index (χ0) is 16.8. The number of aliphatic hydroxyl groups is 1. The summed E-state index contributed by atoms with van der Waals surface area (Å²) in [5.74, 6) is 0.629. The van der Waals surface area contributed by atoms with Crippen LogP contribution in [0.15, 0.2) is 54.3 Å². The summed E-state index contributed by atoms with van der Waals surface area (Å²) in [4.78, 5) is 8.58. The number of aromatic hydroxyl groups is 1. The molecule has 0 saturated heterocycles. The van der Waals surface area contributed by atoms with Crippen LogP contribution in [0.25, 0.3) is 16.6 Å². The molecule has 0 radical (unpaired) electrons. The number of anilines is 1. The number of imidazole rings is 1. The Morgan fingerprint density at radius 3 is 2.67 bits per heavy atom. The van der Waals surface area contributed by atoms with Gasteiger partial charge in [0.25, 0.3) is 0 Å². The van der Waals surface area contributed by atoms with E-state index in [0.717, 1.165) is 11.0 Å². The van der Waals surface area contributed by atoms with Gasteiger partial charge in [-0.15, -0.1) is 0 Å². The van der Waals surface area contributed by atoms with Gasteiger partial charge >= 0.3 is 0 Å². The number of aromatic nitrogens is 2. The number of fused-ring (bicyclic) bond motifs is 1. The van der Waals surface area contributed by atoms with Gasteiger partial charge in [-0.1, -0.05) is 34.1 Å². The molecule has 0 spiro atoms. The highest BCUT2D eigenvalue weighted by Gasteiger charge is 2.38. The van der Waals surface area contributed by atoms with Crippen molar-refractivity contribution in [2.24, 2.45) is 0 Å². The van der Waals surface area contributed by atoms with Gasteiger partial charge in [0.15, 0.2) is 0 Å². The lowest BCUT2D eigenvalue weighted by molar-refractivity contribution is 0.405. The van der Waals surface area contributed by atoms with E-state index in [4.69, 9.17) is 5.41 Å². The maximum Gasteiger partial charge on any atom is 0.149 e. The van der Waals surface area contributed by atoms with Crippen molar-refractivity contribution < 1.29 is 10.2 Å². The number of nitrogens with zero attached hydrogens (tertiary/aromatic N) is 2. The molecule has 6 nitrogen and oxygen atoms in total. The molecular weight excluding hydrogens is 372 g/mol. The Morgan fingerprint density at radius 2 is 1.92 bits per heavy atom. The van der Waals surface area contributed by atoms with Crippen LogP contribution >= 0.6 is 15.9 Å². The standard InChI is InChI=1S/C17H13BrN4O2/c18-15-14(24)13(17-20-11-6-1-2-7-12(11)21-17)16(19)22(15)9-4-3-5-10(23)8-9/h1-8,15,19,23-24H,(H,20,21)/t15-/m1/s1. The lowest BCUT2D eigenvalue weighted by Gasteiger charge is -2.23. The first-order chi connectivity index (χ1) is 11.6. The minimum atomic E-state index is -0.602. The van der Waals surface area contributed by atoms with Crippen molar-refractivity contribution in [1.82, 2.24) is 9.97 Å². The topological polar surface area (TPSA) is 96.2 Å². The van der Waals surface area contributed by atoms with Gasteiger partial charge in [0.1, 0.15) is 33.7 Å². The van der Waals surface area contributed by atoms with E-state index in [9.17, 15) is 10.2 Å². The maximum atomic E-state index is 10.5. The molecule has 0 amide bonds. The molecule has 1 aliphatic heterocycles. The molecule has 0 fully saturated rings. The fourth-order valence-electron chi connectivity index (χ4n) is 2.80. The summed E-state index contributed by atoms with van der Waals surface area (Å²) in [5.41, 5.74) is 2.53. The molecule has 2 aromatic carbocycles. The Bertz CT molecular complexity index is 962. The van der Waals surface area contributed by atoms with E-state index < -0.39 is 4.95 Å². The molecule has 120 valence electrons. The number of aliphatic hydroxyl groups excluding tert-OH is 1. The Kier molecular flexibility index (Phi) is 3.31. The van der Waals surface area contributed by atoms with E-state index in [2.05, 4.69) is 25.9 Å². The SMILES string of the molecule is N=C1C(c2nc3ccccc3[nH]2)=C(O)[C@H](Br)N1c1cccc(O)c1. The molecule has 1 aliphatic rings. The highest BCUT2D eigenvalue weighted by Crippen LogP contribution is 2.38. The summed E-state index contributed by atoms with van der Waals surface area (Å²) in [6.07, 6.45) is 0. The van der Waals surface area contributed by atoms with Crippen LogP contribution < -0.4 is 4.90 Å². The van der Waals surface area contributed by atoms with Gasteiger partial charge in [0, 0.05) is 11.8 Å². The Hall–Kier alpha value is -2.80. The third-order valence-corrected chi connectivity index (χ3v) is 4.76. The predicted octanol–water partition coefficient (Wildman–Crippen LogP) is 3.76. The maximum absolute atomic E-state index is 10.5. The monoisotopic (exact) mass is 384 g/mol. The number of benzene rings is 2. The van der Waals surface area contributed by atoms with E-state index in [1.54, 1.807) is 23.1 Å². The van der Waals surface area contributed by atoms with Gasteiger partial charge in [0.05, 0.1) is 11.0 Å². The first-order valence-electron chi connectivity index (χ1n) is 7.26. The average Bonchev–Trinajstić information content (AvgIpc) is 3.07. The van der Waals surface area contributed by atoms with Gasteiger partial charge in [-0.3, -0.25) is 5.41 Å². The Labute approximate surface area is 145 Å². The smallest absolute Gasteiger partial charge is 0.149 e. The third kappa shape index (κ3) is 2.16. The van der Waals surface area contributed by atoms with Gasteiger partial charge in [-0.25, -0.2) is 4.98 Å². The molecule has 1 aromatic heterocycles. The van der Waals surface area contributed by atoms with Crippen LogP contribution in [-0.2, 0) is 0 Å². The van der Waals surface area contributed by atoms with Crippen molar-refractivity contribution >= 4 is 44.1 Å². The molecule has 1 atom stereocenters. The second-order valence-corrected chi connectivity index (χ2v) is 6.30. The van der Waals surface area contributed by atoms with Crippen molar-refractivity contribution in [1.29, 1.82) is 5.41 Å². The second-order valence-electron chi connectivity index (χ2n) is 5.44. The van der Waals surface area contributed by atoms with Gasteiger partial charge < -0.3 is 20.1 Å². The number of amidine groups is 1. The lowest BCUT2D eigenvalue weighted by atomic mass is 10.2. The minimum absolute atomic E-state index is 0.00222. The first-order valence-corrected chi connectivity index (χ1v) is 8.17. The fraction of sp³-hybridized carbons (Fsp3) is 0.0588. The summed E-state index contributed by atoms with van der Waals surface area (Å²) in [6, 6.07) is 14.1. The molecule has 7 heteroatoms. The second kappa shape index (κ2) is 5.38. The van der Waals surface area contributed by atoms with Crippen LogP contribution in [0.3, 0.4) is 0 Å². The van der Waals surface area contributed by atoms with Crippen molar-refractivity contribution in [3.63, 3.8) is 0 Å². The lowest BCUT2D eigenvalue weighted by Crippen LogP contribution is -2.31. The van der Waals surface area contributed by atoms with Crippen LogP contribution in [0.1, 0.15) is 5.82 Å². The number of phenolic OH excluding ortho intramolecular Hbond substituents is 1. The van der Waals surface area contributed by atoms with E-state index in [0.29, 0.717) is 17.1 Å². The highest BCUT2D eigenvalue weighted by molar-refractivity contribution is 9.09. The number of halogens is 1. The summed E-state index contributed by atoms with van der Waals surface area (Å²) < 4.78 is 0. The summed E-state index contributed by atoms with van der Waals surface area (Å²) >= 11 is 3.41. The number of hydrogen-bond donors (Lipinski definition) is 4. The number of H-pyrrole nitrogens is 1. The van der Waals surface area contributed by atoms with Crippen molar-refractivity contribution in [3.8, 4) is 5.75 Å². The molecule has 0 bridgehead atoms. The van der Waals surface area contributed by atoms with Gasteiger partial charge in [0.2, 0.25) is 0 Å². The molecule has 4 N–H and O–H groups in total. The van der Waals surface area contributed by atoms with Gasteiger partial charge in [-0.05, 0) is 24.3 Å². The number of aromatic amines is 1. The number of para-hydroxylation sites is 2. The molecule has 24 heavy (non-hydrogen) atoms. The normalized spacial score (nSPS) is 18.0. The number of alkyl halides is 1. The number of rotatable bonds is 2. The largest absolute Gasteiger partial charge is 0.508 e. The van der Waals surface area contributed by atoms with E-state index in [1.165, 1.54) is 6.07 Å². The van der Waals surface area contributed by atoms with Crippen molar-refractivity contribution in [3.05, 3.63) is 60.1 Å². The van der Waals surface area contributed by atoms with Crippen LogP contribution in [0.5, 0.6) is 5.75 Å². The molecule has 4 rings (SSSR count). The number of hydrogen-bond acceptors (Lipinski definition) is 4. The predicted molar refractivity (Wildman–Crippen MR) is 96.7 cm³/mol. The van der Waals surface area contributed by atoms with E-state index in [-0.39, 0.29) is 17.3 Å². The Morgan fingerprint density at radius 1 is 1.12 bits per heavy atom. The van der Waals surface area contributed by atoms with E-state index in [1.807, 2.05) is 24.3 Å². The molecule has 0 unspecified atom stereocenters. The Balaban J connectivity index is 1.80. The van der Waals surface area contributed by atoms with Crippen LogP contribution in [0, 0.1) is 5.41 Å². The quantitative estimate of drug-likeness (QED) is 0.399. The average molecular weight is 385 g/mol. The van der Waals surface area contributed by atoms with Gasteiger partial charge in [-0.2, -0.15) is 0 Å². The molecule has 0 aliphatic carbocycles. The molecule has 0 saturated carbocycles. The zero-order valence-electron chi connectivity index (χ0n) is 12.4. The van der Waals surface area contributed by atoms with Crippen molar-refractivity contribution in [2.75, 3.05) is 4.90 Å². The number of phenols is 1. The van der Waals surface area contributed by atoms with Crippen LogP contribution in [0.4, 0.5) is 5.69 Å². The molecule has 3 aromatic rings. The first kappa shape index (κ1) is 14.8. The highest BCUT2D eigenvalue weighted by atomic mass is 79.9. The molecule has 2 heterocycles. The van der Waals surface area contributed by atoms with Crippen LogP contribution in [0.2, 0.25) is 0 Å². The summed E-state index contributed by atoms with van der Waals surface area (Å²) in [6.45, 7) is 0. The van der Waals surface area contributed by atoms with Crippen molar-refractivity contribution in [2.45, 2.75) is 4.95 Å². The minimum Gasteiger partial charge on any atom is -0.508 e. The number of nitrogens with one attached hydrogen (secondary N) is 2. The zero-order valence-corrected chi connectivity index (χ0v) is 13.9. The summed E-state index contributed by atoms with van der Waals surface area (Å²) in [7, 11) is 0. The van der Waals surface area contributed by atoms with Crippen LogP contribution in [-0.4, -0.2) is 31.0 Å². The molecular formula is C17H13BrN4O2.